The van der Waals surface area contributed by atoms with Gasteiger partial charge >= 0.3 is 7.60 Å². The van der Waals surface area contributed by atoms with Crippen LogP contribution >= 0.6 is 7.60 Å². The van der Waals surface area contributed by atoms with Gasteiger partial charge in [0.25, 0.3) is 0 Å². The summed E-state index contributed by atoms with van der Waals surface area (Å²) in [5, 5.41) is 9.84. The van der Waals surface area contributed by atoms with Crippen LogP contribution in [-0.4, -0.2) is 18.3 Å². The van der Waals surface area contributed by atoms with Gasteiger partial charge in [-0.1, -0.05) is 38.8 Å². The fraction of sp³-hybridized carbons (Fsp3) is 0.647. The second-order valence-corrected chi connectivity index (χ2v) is 7.78. The van der Waals surface area contributed by atoms with E-state index in [1.54, 1.807) is 0 Å². The second-order valence-electron chi connectivity index (χ2n) is 5.72. The maximum atomic E-state index is 12.9. The quantitative estimate of drug-likeness (QED) is 0.465. The Balaban J connectivity index is 2.84. The molecule has 0 amide bonds. The van der Waals surface area contributed by atoms with Crippen molar-refractivity contribution in [1.29, 1.82) is 0 Å². The van der Waals surface area contributed by atoms with Gasteiger partial charge in [-0.3, -0.25) is 4.57 Å². The summed E-state index contributed by atoms with van der Waals surface area (Å²) in [6, 6.07) is 3.70. The van der Waals surface area contributed by atoms with Crippen LogP contribution in [0.25, 0.3) is 0 Å². The summed E-state index contributed by atoms with van der Waals surface area (Å²) in [5.41, 5.74) is 2.44. The van der Waals surface area contributed by atoms with Gasteiger partial charge in [0.2, 0.25) is 0 Å². The molecule has 0 aliphatic rings. The number of aryl methyl sites for hydroxylation is 2. The van der Waals surface area contributed by atoms with Crippen molar-refractivity contribution >= 4 is 7.60 Å². The molecule has 0 atom stereocenters. The van der Waals surface area contributed by atoms with Crippen LogP contribution < -0.4 is 0 Å². The number of unbranched alkanes of at least 4 members (excludes halogenated alkanes) is 2. The first-order valence-corrected chi connectivity index (χ1v) is 9.82. The third-order valence-electron chi connectivity index (χ3n) is 3.50. The first kappa shape index (κ1) is 19.2. The molecule has 0 aliphatic heterocycles. The van der Waals surface area contributed by atoms with E-state index in [1.165, 1.54) is 0 Å². The van der Waals surface area contributed by atoms with Gasteiger partial charge < -0.3 is 14.2 Å². The highest BCUT2D eigenvalue weighted by Crippen LogP contribution is 2.52. The first-order valence-electron chi connectivity index (χ1n) is 8.09. The highest BCUT2D eigenvalue weighted by molar-refractivity contribution is 7.53. The van der Waals surface area contributed by atoms with Crippen LogP contribution in [-0.2, 0) is 19.8 Å². The molecule has 0 aromatic heterocycles. The van der Waals surface area contributed by atoms with E-state index in [0.29, 0.717) is 13.2 Å². The van der Waals surface area contributed by atoms with Crippen molar-refractivity contribution in [2.45, 2.75) is 59.5 Å². The van der Waals surface area contributed by atoms with E-state index in [1.807, 2.05) is 26.0 Å². The average Bonchev–Trinajstić information content (AvgIpc) is 2.45. The zero-order chi connectivity index (χ0) is 16.6. The van der Waals surface area contributed by atoms with E-state index < -0.39 is 7.60 Å². The number of rotatable bonds is 10. The summed E-state index contributed by atoms with van der Waals surface area (Å²) in [5.74, 6) is 0.289. The van der Waals surface area contributed by atoms with E-state index in [9.17, 15) is 9.67 Å². The molecular weight excluding hydrogens is 299 g/mol. The number of phenolic OH excluding ortho intramolecular Hbond substituents is 1. The lowest BCUT2D eigenvalue weighted by atomic mass is 10.1. The number of aromatic hydroxyl groups is 1. The molecule has 0 heterocycles. The van der Waals surface area contributed by atoms with E-state index in [-0.39, 0.29) is 11.9 Å². The molecule has 0 saturated heterocycles. The highest BCUT2D eigenvalue weighted by Gasteiger charge is 2.25. The molecule has 1 N–H and O–H groups in total. The molecule has 5 heteroatoms. The lowest BCUT2D eigenvalue weighted by Crippen LogP contribution is -2.02. The molecule has 1 aromatic carbocycles. The topological polar surface area (TPSA) is 55.8 Å². The predicted molar refractivity (Wildman–Crippen MR) is 90.6 cm³/mol. The summed E-state index contributed by atoms with van der Waals surface area (Å²) in [7, 11) is -3.14. The predicted octanol–water partition coefficient (Wildman–Crippen LogP) is 5.34. The zero-order valence-electron chi connectivity index (χ0n) is 14.2. The van der Waals surface area contributed by atoms with Crippen molar-refractivity contribution in [3.8, 4) is 5.75 Å². The first-order chi connectivity index (χ1) is 10.4. The van der Waals surface area contributed by atoms with Gasteiger partial charge in [-0.2, -0.15) is 0 Å². The largest absolute Gasteiger partial charge is 0.507 e. The van der Waals surface area contributed by atoms with Crippen LogP contribution in [0.4, 0.5) is 0 Å². The fourth-order valence-corrected chi connectivity index (χ4v) is 3.89. The van der Waals surface area contributed by atoms with Gasteiger partial charge in [0.1, 0.15) is 5.75 Å². The molecule has 0 fully saturated rings. The van der Waals surface area contributed by atoms with Gasteiger partial charge in [0.05, 0.1) is 19.4 Å². The standard InChI is InChI=1S/C17H29O4P/c1-5-7-9-20-22(19,21-10-8-6-2)13-16-11-14(3)17(18)15(4)12-16/h11-12,18H,5-10,13H2,1-4H3. The Morgan fingerprint density at radius 1 is 1.00 bits per heavy atom. The van der Waals surface area contributed by atoms with Gasteiger partial charge in [-0.15, -0.1) is 0 Å². The van der Waals surface area contributed by atoms with Crippen LogP contribution in [0.2, 0.25) is 0 Å². The van der Waals surface area contributed by atoms with Gasteiger partial charge in [0.15, 0.2) is 0 Å². The van der Waals surface area contributed by atoms with Crippen molar-refractivity contribution in [3.05, 3.63) is 28.8 Å². The number of hydrogen-bond donors (Lipinski definition) is 1. The minimum absolute atomic E-state index is 0.252. The highest BCUT2D eigenvalue weighted by atomic mass is 31.2. The van der Waals surface area contributed by atoms with Crippen LogP contribution in [0.15, 0.2) is 12.1 Å². The minimum Gasteiger partial charge on any atom is -0.507 e. The molecule has 0 aliphatic carbocycles. The Hall–Kier alpha value is -0.830. The molecule has 0 bridgehead atoms. The van der Waals surface area contributed by atoms with Crippen molar-refractivity contribution in [2.24, 2.45) is 0 Å². The summed E-state index contributed by atoms with van der Waals surface area (Å²) >= 11 is 0. The van der Waals surface area contributed by atoms with Crippen LogP contribution in [0.5, 0.6) is 5.75 Å². The molecule has 0 spiro atoms. The normalized spacial score (nSPS) is 11.8. The molecule has 1 aromatic rings. The molecule has 22 heavy (non-hydrogen) atoms. The Morgan fingerprint density at radius 3 is 1.86 bits per heavy atom. The molecule has 126 valence electrons. The minimum atomic E-state index is -3.14. The lowest BCUT2D eigenvalue weighted by molar-refractivity contribution is 0.199. The maximum Gasteiger partial charge on any atom is 0.335 e. The van der Waals surface area contributed by atoms with Crippen molar-refractivity contribution < 1.29 is 18.7 Å². The Bertz CT molecular complexity index is 476. The monoisotopic (exact) mass is 328 g/mol. The van der Waals surface area contributed by atoms with Crippen molar-refractivity contribution in [3.63, 3.8) is 0 Å². The van der Waals surface area contributed by atoms with Crippen LogP contribution in [0.3, 0.4) is 0 Å². The maximum absolute atomic E-state index is 12.9. The van der Waals surface area contributed by atoms with Gasteiger partial charge in [-0.25, -0.2) is 0 Å². The van der Waals surface area contributed by atoms with Gasteiger partial charge in [-0.05, 0) is 43.4 Å². The lowest BCUT2D eigenvalue weighted by Gasteiger charge is -2.19. The van der Waals surface area contributed by atoms with Crippen molar-refractivity contribution in [2.75, 3.05) is 13.2 Å². The molecule has 0 radical (unpaired) electrons. The zero-order valence-corrected chi connectivity index (χ0v) is 15.1. The summed E-state index contributed by atoms with van der Waals surface area (Å²) < 4.78 is 24.1. The third-order valence-corrected chi connectivity index (χ3v) is 5.40. The fourth-order valence-electron chi connectivity index (χ4n) is 2.18. The molecule has 0 saturated carbocycles. The molecule has 4 nitrogen and oxygen atoms in total. The van der Waals surface area contributed by atoms with Crippen molar-refractivity contribution in [1.82, 2.24) is 0 Å². The Morgan fingerprint density at radius 2 is 1.45 bits per heavy atom. The van der Waals surface area contributed by atoms with E-state index >= 15 is 0 Å². The number of benzene rings is 1. The van der Waals surface area contributed by atoms with Crippen LogP contribution in [0, 0.1) is 13.8 Å². The Labute approximate surface area is 134 Å². The Kier molecular flexibility index (Phi) is 8.16. The average molecular weight is 328 g/mol. The number of phenols is 1. The van der Waals surface area contributed by atoms with Crippen LogP contribution in [0.1, 0.15) is 56.2 Å². The van der Waals surface area contributed by atoms with E-state index in [2.05, 4.69) is 13.8 Å². The summed E-state index contributed by atoms with van der Waals surface area (Å²) in [6.07, 6.45) is 3.98. The molecule has 0 unspecified atom stereocenters. The number of hydrogen-bond acceptors (Lipinski definition) is 4. The van der Waals surface area contributed by atoms with E-state index in [0.717, 1.165) is 42.4 Å². The third kappa shape index (κ3) is 6.12. The SMILES string of the molecule is CCCCOP(=O)(Cc1cc(C)c(O)c(C)c1)OCCCC. The van der Waals surface area contributed by atoms with E-state index in [4.69, 9.17) is 9.05 Å². The molecular formula is C17H29O4P. The second kappa shape index (κ2) is 9.34. The molecule has 1 rings (SSSR count). The van der Waals surface area contributed by atoms with Gasteiger partial charge in [0, 0.05) is 0 Å². The summed E-state index contributed by atoms with van der Waals surface area (Å²) in [4.78, 5) is 0. The smallest absolute Gasteiger partial charge is 0.335 e. The summed E-state index contributed by atoms with van der Waals surface area (Å²) in [6.45, 7) is 8.73.